The largest absolute Gasteiger partial charge is 0.495 e. The second kappa shape index (κ2) is 7.27. The lowest BCUT2D eigenvalue weighted by atomic mass is 10.1. The van der Waals surface area contributed by atoms with Crippen molar-refractivity contribution < 1.29 is 4.74 Å². The first-order chi connectivity index (χ1) is 14.3. The summed E-state index contributed by atoms with van der Waals surface area (Å²) in [5.41, 5.74) is 5.62. The van der Waals surface area contributed by atoms with E-state index in [4.69, 9.17) is 9.72 Å². The first kappa shape index (κ1) is 17.2. The lowest BCUT2D eigenvalue weighted by Crippen LogP contribution is -2.04. The van der Waals surface area contributed by atoms with Gasteiger partial charge in [-0.2, -0.15) is 0 Å². The SMILES string of the molecule is COc1cncc(Cc2ccc3nnn(Cc4ccc5ncccc5c4)c3n2)c1. The summed E-state index contributed by atoms with van der Waals surface area (Å²) in [6.45, 7) is 0.596. The van der Waals surface area contributed by atoms with Gasteiger partial charge in [-0.15, -0.1) is 5.10 Å². The Balaban J connectivity index is 1.45. The summed E-state index contributed by atoms with van der Waals surface area (Å²) in [7, 11) is 1.64. The van der Waals surface area contributed by atoms with E-state index in [1.807, 2.05) is 41.2 Å². The molecule has 0 spiro atoms. The molecule has 29 heavy (non-hydrogen) atoms. The van der Waals surface area contributed by atoms with Crippen LogP contribution in [0.15, 0.2) is 67.1 Å². The Morgan fingerprint density at radius 2 is 1.90 bits per heavy atom. The van der Waals surface area contributed by atoms with Crippen LogP contribution in [-0.4, -0.2) is 37.1 Å². The Bertz CT molecular complexity index is 1310. The van der Waals surface area contributed by atoms with Crippen molar-refractivity contribution in [1.82, 2.24) is 29.9 Å². The van der Waals surface area contributed by atoms with Crippen LogP contribution >= 0.6 is 0 Å². The maximum absolute atomic E-state index is 5.25. The van der Waals surface area contributed by atoms with Crippen molar-refractivity contribution in [3.63, 3.8) is 0 Å². The van der Waals surface area contributed by atoms with Crippen molar-refractivity contribution in [2.45, 2.75) is 13.0 Å². The third-order valence-electron chi connectivity index (χ3n) is 4.81. The molecule has 0 bridgehead atoms. The summed E-state index contributed by atoms with van der Waals surface area (Å²) in [6.07, 6.45) is 5.98. The van der Waals surface area contributed by atoms with Crippen LogP contribution in [0.1, 0.15) is 16.8 Å². The average molecular weight is 382 g/mol. The van der Waals surface area contributed by atoms with E-state index in [1.165, 1.54) is 0 Å². The predicted octanol–water partition coefficient (Wildman–Crippen LogP) is 3.42. The summed E-state index contributed by atoms with van der Waals surface area (Å²) >= 11 is 0. The van der Waals surface area contributed by atoms with Crippen LogP contribution < -0.4 is 4.74 Å². The van der Waals surface area contributed by atoms with E-state index >= 15 is 0 Å². The number of nitrogens with zero attached hydrogens (tertiary/aromatic N) is 6. The van der Waals surface area contributed by atoms with Crippen molar-refractivity contribution in [2.24, 2.45) is 0 Å². The van der Waals surface area contributed by atoms with Gasteiger partial charge in [0.05, 0.1) is 25.4 Å². The zero-order valence-electron chi connectivity index (χ0n) is 15.9. The smallest absolute Gasteiger partial charge is 0.179 e. The standard InChI is InChI=1S/C22H18N6O/c1-29-19-11-16(12-23-13-19)10-18-5-7-21-22(25-18)28(27-26-21)14-15-4-6-20-17(9-15)3-2-8-24-20/h2-9,11-13H,10,14H2,1H3. The summed E-state index contributed by atoms with van der Waals surface area (Å²) in [5, 5.41) is 9.67. The summed E-state index contributed by atoms with van der Waals surface area (Å²) in [4.78, 5) is 13.4. The number of ether oxygens (including phenoxy) is 1. The van der Waals surface area contributed by atoms with Crippen molar-refractivity contribution >= 4 is 22.1 Å². The lowest BCUT2D eigenvalue weighted by molar-refractivity contribution is 0.412. The normalized spacial score (nSPS) is 11.2. The average Bonchev–Trinajstić information content (AvgIpc) is 3.16. The molecule has 0 saturated heterocycles. The van der Waals surface area contributed by atoms with E-state index in [-0.39, 0.29) is 0 Å². The first-order valence-corrected chi connectivity index (χ1v) is 9.29. The van der Waals surface area contributed by atoms with Crippen molar-refractivity contribution in [1.29, 1.82) is 0 Å². The highest BCUT2D eigenvalue weighted by molar-refractivity contribution is 5.79. The van der Waals surface area contributed by atoms with Gasteiger partial charge in [0, 0.05) is 29.9 Å². The third kappa shape index (κ3) is 3.50. The Labute approximate surface area is 167 Å². The Morgan fingerprint density at radius 3 is 2.83 bits per heavy atom. The molecule has 0 fully saturated rings. The van der Waals surface area contributed by atoms with Gasteiger partial charge >= 0.3 is 0 Å². The minimum absolute atomic E-state index is 0.596. The van der Waals surface area contributed by atoms with E-state index in [0.717, 1.165) is 44.6 Å². The summed E-state index contributed by atoms with van der Waals surface area (Å²) in [6, 6.07) is 16.1. The molecule has 1 aromatic carbocycles. The van der Waals surface area contributed by atoms with Crippen LogP contribution in [0, 0.1) is 0 Å². The predicted molar refractivity (Wildman–Crippen MR) is 110 cm³/mol. The molecule has 7 heteroatoms. The fourth-order valence-corrected chi connectivity index (χ4v) is 3.38. The van der Waals surface area contributed by atoms with Gasteiger partial charge in [0.2, 0.25) is 0 Å². The third-order valence-corrected chi connectivity index (χ3v) is 4.81. The number of benzene rings is 1. The van der Waals surface area contributed by atoms with Gasteiger partial charge in [0.1, 0.15) is 11.3 Å². The molecule has 0 aliphatic heterocycles. The van der Waals surface area contributed by atoms with Crippen LogP contribution in [-0.2, 0) is 13.0 Å². The van der Waals surface area contributed by atoms with Gasteiger partial charge in [-0.1, -0.05) is 17.3 Å². The number of rotatable bonds is 5. The molecule has 5 aromatic rings. The Morgan fingerprint density at radius 1 is 0.966 bits per heavy atom. The fourth-order valence-electron chi connectivity index (χ4n) is 3.38. The molecule has 0 aliphatic rings. The minimum Gasteiger partial charge on any atom is -0.495 e. The van der Waals surface area contributed by atoms with E-state index in [0.29, 0.717) is 13.0 Å². The molecule has 0 radical (unpaired) electrons. The molecule has 5 rings (SSSR count). The topological polar surface area (TPSA) is 78.6 Å². The highest BCUT2D eigenvalue weighted by atomic mass is 16.5. The molecule has 142 valence electrons. The Kier molecular flexibility index (Phi) is 4.32. The first-order valence-electron chi connectivity index (χ1n) is 9.29. The molecule has 7 nitrogen and oxygen atoms in total. The van der Waals surface area contributed by atoms with Gasteiger partial charge in [-0.05, 0) is 47.5 Å². The zero-order valence-corrected chi connectivity index (χ0v) is 15.9. The van der Waals surface area contributed by atoms with Crippen molar-refractivity contribution in [3.05, 3.63) is 83.9 Å². The molecule has 0 aliphatic carbocycles. The molecular weight excluding hydrogens is 364 g/mol. The van der Waals surface area contributed by atoms with Gasteiger partial charge < -0.3 is 4.74 Å². The maximum atomic E-state index is 5.25. The minimum atomic E-state index is 0.596. The number of methoxy groups -OCH3 is 1. The van der Waals surface area contributed by atoms with Crippen LogP contribution in [0.3, 0.4) is 0 Å². The number of aromatic nitrogens is 6. The van der Waals surface area contributed by atoms with E-state index < -0.39 is 0 Å². The van der Waals surface area contributed by atoms with Gasteiger partial charge in [0.15, 0.2) is 5.65 Å². The quantitative estimate of drug-likeness (QED) is 0.463. The number of pyridine rings is 3. The van der Waals surface area contributed by atoms with Crippen molar-refractivity contribution in [2.75, 3.05) is 7.11 Å². The fraction of sp³-hybridized carbons (Fsp3) is 0.136. The molecular formula is C22H18N6O. The van der Waals surface area contributed by atoms with E-state index in [2.05, 4.69) is 38.5 Å². The molecule has 4 aromatic heterocycles. The van der Waals surface area contributed by atoms with E-state index in [1.54, 1.807) is 19.5 Å². The van der Waals surface area contributed by atoms with Crippen LogP contribution in [0.2, 0.25) is 0 Å². The highest BCUT2D eigenvalue weighted by Gasteiger charge is 2.09. The number of hydrogen-bond donors (Lipinski definition) is 0. The van der Waals surface area contributed by atoms with Gasteiger partial charge in [-0.25, -0.2) is 9.67 Å². The zero-order chi connectivity index (χ0) is 19.6. The number of fused-ring (bicyclic) bond motifs is 2. The van der Waals surface area contributed by atoms with E-state index in [9.17, 15) is 0 Å². The molecule has 0 amide bonds. The highest BCUT2D eigenvalue weighted by Crippen LogP contribution is 2.18. The van der Waals surface area contributed by atoms with Crippen LogP contribution in [0.4, 0.5) is 0 Å². The monoisotopic (exact) mass is 382 g/mol. The van der Waals surface area contributed by atoms with Gasteiger partial charge in [-0.3, -0.25) is 9.97 Å². The molecule has 4 heterocycles. The summed E-state index contributed by atoms with van der Waals surface area (Å²) in [5.74, 6) is 0.737. The molecule has 0 saturated carbocycles. The number of hydrogen-bond acceptors (Lipinski definition) is 6. The van der Waals surface area contributed by atoms with Crippen LogP contribution in [0.5, 0.6) is 5.75 Å². The molecule has 0 unspecified atom stereocenters. The van der Waals surface area contributed by atoms with Crippen molar-refractivity contribution in [3.8, 4) is 5.75 Å². The van der Waals surface area contributed by atoms with Crippen LogP contribution in [0.25, 0.3) is 22.1 Å². The summed E-state index contributed by atoms with van der Waals surface area (Å²) < 4.78 is 7.09. The second-order valence-electron chi connectivity index (χ2n) is 6.83. The second-order valence-corrected chi connectivity index (χ2v) is 6.83. The molecule has 0 N–H and O–H groups in total. The maximum Gasteiger partial charge on any atom is 0.179 e. The molecule has 0 atom stereocenters. The Hall–Kier alpha value is -3.87. The van der Waals surface area contributed by atoms with Gasteiger partial charge in [0.25, 0.3) is 0 Å². The lowest BCUT2D eigenvalue weighted by Gasteiger charge is -2.06.